The Hall–Kier alpha value is -1.67. The lowest BCUT2D eigenvalue weighted by molar-refractivity contribution is -0.132. The highest BCUT2D eigenvalue weighted by Gasteiger charge is 2.51. The van der Waals surface area contributed by atoms with Gasteiger partial charge < -0.3 is 15.2 Å². The van der Waals surface area contributed by atoms with E-state index in [-0.39, 0.29) is 36.9 Å². The van der Waals surface area contributed by atoms with Gasteiger partial charge in [-0.25, -0.2) is 4.79 Å². The summed E-state index contributed by atoms with van der Waals surface area (Å²) in [5, 5.41) is 14.0. The second kappa shape index (κ2) is 6.21. The lowest BCUT2D eigenvalue weighted by Gasteiger charge is -2.31. The molecule has 122 valence electrons. The third-order valence-corrected chi connectivity index (χ3v) is 4.21. The lowest BCUT2D eigenvalue weighted by atomic mass is 9.88. The van der Waals surface area contributed by atoms with Gasteiger partial charge in [-0.15, -0.1) is 22.6 Å². The smallest absolute Gasteiger partial charge is 0.323 e. The number of hydrogen-bond acceptors (Lipinski definition) is 5. The molecule has 8 nitrogen and oxygen atoms in total. The van der Waals surface area contributed by atoms with E-state index >= 15 is 0 Å². The molecule has 0 atom stereocenters. The Bertz CT molecular complexity index is 567. The molecule has 1 aromatic heterocycles. The van der Waals surface area contributed by atoms with Crippen molar-refractivity contribution in [2.24, 2.45) is 0 Å². The van der Waals surface area contributed by atoms with Gasteiger partial charge in [-0.05, 0) is 39.8 Å². The Labute approximate surface area is 135 Å². The van der Waals surface area contributed by atoms with Crippen LogP contribution in [0.15, 0.2) is 6.33 Å². The minimum absolute atomic E-state index is 0. The van der Waals surface area contributed by atoms with Gasteiger partial charge in [-0.1, -0.05) is 0 Å². The first-order chi connectivity index (χ1) is 10.0. The molecule has 3 amide bonds. The fourth-order valence-corrected chi connectivity index (χ4v) is 2.96. The van der Waals surface area contributed by atoms with E-state index in [1.54, 1.807) is 6.33 Å². The molecule has 1 spiro atoms. The quantitative estimate of drug-likeness (QED) is 0.786. The number of halogens is 1. The van der Waals surface area contributed by atoms with Crippen molar-refractivity contribution in [1.82, 2.24) is 30.3 Å². The molecule has 0 unspecified atom stereocenters. The molecule has 1 aromatic rings. The van der Waals surface area contributed by atoms with E-state index in [1.807, 2.05) is 18.4 Å². The number of imide groups is 1. The van der Waals surface area contributed by atoms with Gasteiger partial charge in [0.1, 0.15) is 11.9 Å². The second-order valence-electron chi connectivity index (χ2n) is 5.90. The molecule has 0 saturated carbocycles. The third kappa shape index (κ3) is 2.68. The van der Waals surface area contributed by atoms with Crippen LogP contribution in [0.4, 0.5) is 4.79 Å². The molecule has 2 saturated heterocycles. The molecule has 2 aliphatic heterocycles. The fourth-order valence-electron chi connectivity index (χ4n) is 2.96. The summed E-state index contributed by atoms with van der Waals surface area (Å²) in [7, 11) is 0. The Morgan fingerprint density at radius 3 is 2.64 bits per heavy atom. The predicted octanol–water partition coefficient (Wildman–Crippen LogP) is 0.455. The molecule has 2 aliphatic rings. The summed E-state index contributed by atoms with van der Waals surface area (Å²) < 4.78 is 1.87. The summed E-state index contributed by atoms with van der Waals surface area (Å²) >= 11 is 0. The number of piperidine rings is 1. The van der Waals surface area contributed by atoms with Crippen LogP contribution in [-0.2, 0) is 11.3 Å². The third-order valence-electron chi connectivity index (χ3n) is 4.21. The van der Waals surface area contributed by atoms with Gasteiger partial charge in [-0.3, -0.25) is 9.69 Å². The standard InChI is InChI=1S/C13H20N6O2.ClH/c1-9(2)19-8-15-17-10(19)7-18-11(20)13(16-12(18)21)3-5-14-6-4-13;/h8-9,14H,3-7H2,1-2H3,(H,16,21);1H. The molecule has 0 radical (unpaired) electrons. The highest BCUT2D eigenvalue weighted by molar-refractivity contribution is 6.07. The van der Waals surface area contributed by atoms with Gasteiger partial charge in [0.05, 0.1) is 6.54 Å². The largest absolute Gasteiger partial charge is 0.325 e. The van der Waals surface area contributed by atoms with Crippen LogP contribution in [0.3, 0.4) is 0 Å². The van der Waals surface area contributed by atoms with Gasteiger partial charge in [0.15, 0.2) is 5.82 Å². The molecule has 0 bridgehead atoms. The summed E-state index contributed by atoms with van der Waals surface area (Å²) in [6, 6.07) is -0.149. The molecule has 22 heavy (non-hydrogen) atoms. The Balaban J connectivity index is 0.00000176. The van der Waals surface area contributed by atoms with Crippen LogP contribution < -0.4 is 10.6 Å². The number of aromatic nitrogens is 3. The SMILES string of the molecule is CC(C)n1cnnc1CN1C(=O)NC2(CCNCC2)C1=O.Cl. The summed E-state index contributed by atoms with van der Waals surface area (Å²) in [5.41, 5.74) is -0.731. The predicted molar refractivity (Wildman–Crippen MR) is 81.6 cm³/mol. The van der Waals surface area contributed by atoms with Gasteiger partial charge in [0, 0.05) is 6.04 Å². The molecule has 0 aromatic carbocycles. The molecule has 2 N–H and O–H groups in total. The molecule has 2 fully saturated rings. The van der Waals surface area contributed by atoms with Crippen molar-refractivity contribution in [3.8, 4) is 0 Å². The normalized spacial score (nSPS) is 20.4. The minimum Gasteiger partial charge on any atom is -0.323 e. The van der Waals surface area contributed by atoms with Crippen molar-refractivity contribution in [3.05, 3.63) is 12.2 Å². The van der Waals surface area contributed by atoms with Crippen molar-refractivity contribution >= 4 is 24.3 Å². The van der Waals surface area contributed by atoms with Crippen molar-refractivity contribution in [3.63, 3.8) is 0 Å². The van der Waals surface area contributed by atoms with Gasteiger partial charge in [0.25, 0.3) is 5.91 Å². The van der Waals surface area contributed by atoms with Crippen molar-refractivity contribution in [2.45, 2.75) is 44.8 Å². The van der Waals surface area contributed by atoms with Crippen molar-refractivity contribution in [1.29, 1.82) is 0 Å². The van der Waals surface area contributed by atoms with E-state index in [9.17, 15) is 9.59 Å². The molecular formula is C13H21ClN6O2. The van der Waals surface area contributed by atoms with Crippen molar-refractivity contribution in [2.75, 3.05) is 13.1 Å². The first-order valence-corrected chi connectivity index (χ1v) is 7.27. The van der Waals surface area contributed by atoms with Crippen LogP contribution in [0.1, 0.15) is 38.6 Å². The first-order valence-electron chi connectivity index (χ1n) is 7.27. The monoisotopic (exact) mass is 328 g/mol. The number of hydrogen-bond donors (Lipinski definition) is 2. The summed E-state index contributed by atoms with van der Waals surface area (Å²) in [6.07, 6.45) is 2.88. The number of amides is 3. The van der Waals surface area contributed by atoms with Gasteiger partial charge in [-0.2, -0.15) is 0 Å². The van der Waals surface area contributed by atoms with Crippen LogP contribution in [0.5, 0.6) is 0 Å². The Morgan fingerprint density at radius 2 is 2.00 bits per heavy atom. The second-order valence-corrected chi connectivity index (χ2v) is 5.90. The number of carbonyl (C=O) groups is 2. The van der Waals surface area contributed by atoms with Crippen LogP contribution >= 0.6 is 12.4 Å². The number of nitrogens with zero attached hydrogens (tertiary/aromatic N) is 4. The summed E-state index contributed by atoms with van der Waals surface area (Å²) in [4.78, 5) is 26.1. The number of carbonyl (C=O) groups excluding carboxylic acids is 2. The summed E-state index contributed by atoms with van der Waals surface area (Å²) in [6.45, 7) is 5.65. The molecule has 0 aliphatic carbocycles. The topological polar surface area (TPSA) is 92.2 Å². The van der Waals surface area contributed by atoms with Gasteiger partial charge in [0.2, 0.25) is 0 Å². The minimum atomic E-state index is -0.731. The van der Waals surface area contributed by atoms with E-state index in [4.69, 9.17) is 0 Å². The summed E-state index contributed by atoms with van der Waals surface area (Å²) in [5.74, 6) is 0.479. The van der Waals surface area contributed by atoms with Crippen LogP contribution in [0.25, 0.3) is 0 Å². The zero-order valence-corrected chi connectivity index (χ0v) is 13.5. The average Bonchev–Trinajstić information content (AvgIpc) is 3.00. The zero-order valence-electron chi connectivity index (χ0n) is 12.7. The van der Waals surface area contributed by atoms with E-state index in [0.717, 1.165) is 13.1 Å². The molecule has 9 heteroatoms. The maximum Gasteiger partial charge on any atom is 0.325 e. The number of nitrogens with one attached hydrogen (secondary N) is 2. The zero-order chi connectivity index (χ0) is 15.0. The van der Waals surface area contributed by atoms with Crippen LogP contribution in [-0.4, -0.2) is 50.2 Å². The lowest BCUT2D eigenvalue weighted by Crippen LogP contribution is -2.53. The van der Waals surface area contributed by atoms with Crippen LogP contribution in [0, 0.1) is 0 Å². The molecule has 3 heterocycles. The van der Waals surface area contributed by atoms with Crippen LogP contribution in [0.2, 0.25) is 0 Å². The van der Waals surface area contributed by atoms with E-state index < -0.39 is 5.54 Å². The average molecular weight is 329 g/mol. The van der Waals surface area contributed by atoms with Crippen molar-refractivity contribution < 1.29 is 9.59 Å². The highest BCUT2D eigenvalue weighted by Crippen LogP contribution is 2.27. The first kappa shape index (κ1) is 16.7. The number of urea groups is 1. The number of rotatable bonds is 3. The fraction of sp³-hybridized carbons (Fsp3) is 0.692. The Kier molecular flexibility index (Phi) is 4.72. The maximum atomic E-state index is 12.7. The Morgan fingerprint density at radius 1 is 1.32 bits per heavy atom. The van der Waals surface area contributed by atoms with E-state index in [1.165, 1.54) is 4.90 Å². The maximum absolute atomic E-state index is 12.7. The highest BCUT2D eigenvalue weighted by atomic mass is 35.5. The molecular weight excluding hydrogens is 308 g/mol. The van der Waals surface area contributed by atoms with Gasteiger partial charge >= 0.3 is 6.03 Å². The molecule has 3 rings (SSSR count). The van der Waals surface area contributed by atoms with E-state index in [0.29, 0.717) is 18.7 Å². The van der Waals surface area contributed by atoms with E-state index in [2.05, 4.69) is 20.8 Å².